The number of amides is 1. The maximum Gasteiger partial charge on any atom is 0.272 e. The van der Waals surface area contributed by atoms with Gasteiger partial charge in [0.2, 0.25) is 0 Å². The molecule has 6 heteroatoms. The van der Waals surface area contributed by atoms with Crippen LogP contribution in [0, 0.1) is 6.92 Å². The first kappa shape index (κ1) is 18.5. The summed E-state index contributed by atoms with van der Waals surface area (Å²) in [6.07, 6.45) is 1.98. The smallest absolute Gasteiger partial charge is 0.272 e. The summed E-state index contributed by atoms with van der Waals surface area (Å²) in [5, 5.41) is 10.6. The summed E-state index contributed by atoms with van der Waals surface area (Å²) in [4.78, 5) is 14.8. The fraction of sp³-hybridized carbons (Fsp3) is 0.444. The summed E-state index contributed by atoms with van der Waals surface area (Å²) in [5.74, 6) is 0.0476. The highest BCUT2D eigenvalue weighted by Crippen LogP contribution is 2.20. The van der Waals surface area contributed by atoms with Crippen molar-refractivity contribution in [1.29, 1.82) is 0 Å². The summed E-state index contributed by atoms with van der Waals surface area (Å²) in [7, 11) is 0. The molecule has 24 heavy (non-hydrogen) atoms. The van der Waals surface area contributed by atoms with Gasteiger partial charge in [-0.25, -0.2) is 0 Å². The Hall–Kier alpha value is -1.85. The number of H-pyrrole nitrogens is 1. The van der Waals surface area contributed by atoms with Crippen LogP contribution in [0.15, 0.2) is 30.3 Å². The van der Waals surface area contributed by atoms with Crippen molar-refractivity contribution in [3.8, 4) is 11.3 Å². The maximum atomic E-state index is 12.8. The number of halogens is 1. The highest BCUT2D eigenvalue weighted by Gasteiger charge is 2.27. The van der Waals surface area contributed by atoms with Gasteiger partial charge in [-0.15, -0.1) is 12.4 Å². The third-order valence-corrected chi connectivity index (χ3v) is 4.36. The van der Waals surface area contributed by atoms with Crippen LogP contribution in [0.2, 0.25) is 0 Å². The third kappa shape index (κ3) is 3.97. The van der Waals surface area contributed by atoms with Crippen LogP contribution in [0.3, 0.4) is 0 Å². The van der Waals surface area contributed by atoms with E-state index in [2.05, 4.69) is 41.5 Å². The molecular weight excluding hydrogens is 324 g/mol. The van der Waals surface area contributed by atoms with Crippen molar-refractivity contribution >= 4 is 18.3 Å². The zero-order chi connectivity index (χ0) is 16.2. The summed E-state index contributed by atoms with van der Waals surface area (Å²) in [6.45, 7) is 6.80. The molecule has 0 radical (unpaired) electrons. The minimum absolute atomic E-state index is 0. The number of nitrogens with one attached hydrogen (secondary N) is 2. The highest BCUT2D eigenvalue weighted by atomic mass is 35.5. The molecule has 0 aliphatic carbocycles. The number of carbonyl (C=O) groups excluding carboxylic acids is 1. The molecule has 130 valence electrons. The minimum atomic E-state index is 0. The van der Waals surface area contributed by atoms with Crippen molar-refractivity contribution in [3.63, 3.8) is 0 Å². The molecule has 3 rings (SSSR count). The average Bonchev–Trinajstić information content (AvgIpc) is 3.24. The van der Waals surface area contributed by atoms with Crippen LogP contribution in [0.4, 0.5) is 0 Å². The Balaban J connectivity index is 0.00000208. The lowest BCUT2D eigenvalue weighted by molar-refractivity contribution is 0.0686. The molecule has 0 spiro atoms. The Labute approximate surface area is 149 Å². The maximum absolute atomic E-state index is 12.8. The molecule has 2 aromatic rings. The summed E-state index contributed by atoms with van der Waals surface area (Å²) in [6, 6.07) is 10.3. The fourth-order valence-corrected chi connectivity index (χ4v) is 3.05. The van der Waals surface area contributed by atoms with E-state index in [-0.39, 0.29) is 24.4 Å². The van der Waals surface area contributed by atoms with Gasteiger partial charge in [-0.3, -0.25) is 9.89 Å². The molecule has 1 aromatic carbocycles. The molecule has 1 unspecified atom stereocenters. The van der Waals surface area contributed by atoms with Crippen molar-refractivity contribution in [2.24, 2.45) is 0 Å². The Kier molecular flexibility index (Phi) is 6.40. The van der Waals surface area contributed by atoms with Gasteiger partial charge in [-0.1, -0.05) is 36.8 Å². The molecule has 1 aliphatic rings. The lowest BCUT2D eigenvalue weighted by atomic mass is 10.1. The zero-order valence-corrected chi connectivity index (χ0v) is 15.0. The van der Waals surface area contributed by atoms with Gasteiger partial charge in [0.1, 0.15) is 5.69 Å². The van der Waals surface area contributed by atoms with Crippen LogP contribution in [-0.2, 0) is 0 Å². The monoisotopic (exact) mass is 348 g/mol. The molecule has 0 saturated carbocycles. The zero-order valence-electron chi connectivity index (χ0n) is 14.2. The number of hydrogen-bond donors (Lipinski definition) is 2. The predicted octanol–water partition coefficient (Wildman–Crippen LogP) is 3.02. The van der Waals surface area contributed by atoms with E-state index in [1.165, 1.54) is 5.56 Å². The number of nitrogens with zero attached hydrogens (tertiary/aromatic N) is 2. The number of carbonyl (C=O) groups is 1. The quantitative estimate of drug-likeness (QED) is 0.873. The van der Waals surface area contributed by atoms with Crippen molar-refractivity contribution in [2.45, 2.75) is 32.7 Å². The largest absolute Gasteiger partial charge is 0.333 e. The Morgan fingerprint density at radius 1 is 1.33 bits per heavy atom. The van der Waals surface area contributed by atoms with Crippen LogP contribution in [0.1, 0.15) is 35.8 Å². The van der Waals surface area contributed by atoms with Crippen molar-refractivity contribution in [3.05, 3.63) is 41.6 Å². The fourth-order valence-electron chi connectivity index (χ4n) is 3.05. The molecule has 1 aliphatic heterocycles. The molecule has 1 amide bonds. The Bertz CT molecular complexity index is 662. The molecule has 1 aromatic heterocycles. The second-order valence-corrected chi connectivity index (χ2v) is 6.18. The van der Waals surface area contributed by atoms with Gasteiger partial charge in [0.05, 0.1) is 5.69 Å². The lowest BCUT2D eigenvalue weighted by Gasteiger charge is -2.27. The van der Waals surface area contributed by atoms with Crippen LogP contribution >= 0.6 is 12.4 Å². The van der Waals surface area contributed by atoms with Crippen molar-refractivity contribution in [1.82, 2.24) is 20.4 Å². The first-order valence-electron chi connectivity index (χ1n) is 8.33. The minimum Gasteiger partial charge on any atom is -0.333 e. The Morgan fingerprint density at radius 2 is 2.08 bits per heavy atom. The SMILES string of the molecule is CCCN(C(=O)c1cc(-c2ccc(C)cc2)n[nH]1)C1CCNC1.Cl. The summed E-state index contributed by atoms with van der Waals surface area (Å²) >= 11 is 0. The van der Waals surface area contributed by atoms with E-state index in [0.717, 1.165) is 43.7 Å². The van der Waals surface area contributed by atoms with E-state index < -0.39 is 0 Å². The molecule has 5 nitrogen and oxygen atoms in total. The molecule has 2 N–H and O–H groups in total. The molecule has 1 fully saturated rings. The molecule has 1 saturated heterocycles. The number of aromatic amines is 1. The number of aromatic nitrogens is 2. The van der Waals surface area contributed by atoms with Gasteiger partial charge in [-0.05, 0) is 32.4 Å². The second-order valence-electron chi connectivity index (χ2n) is 6.18. The van der Waals surface area contributed by atoms with E-state index in [1.807, 2.05) is 23.1 Å². The predicted molar refractivity (Wildman–Crippen MR) is 98.6 cm³/mol. The standard InChI is InChI=1S/C18H24N4O.ClH/c1-3-10-22(15-8-9-19-12-15)18(23)17-11-16(20-21-17)14-6-4-13(2)5-7-14;/h4-7,11,15,19H,3,8-10,12H2,1-2H3,(H,20,21);1H. The molecule has 0 bridgehead atoms. The van der Waals surface area contributed by atoms with Gasteiger partial charge in [0.25, 0.3) is 5.91 Å². The highest BCUT2D eigenvalue weighted by molar-refractivity contribution is 5.93. The average molecular weight is 349 g/mol. The normalized spacial score (nSPS) is 16.7. The van der Waals surface area contributed by atoms with E-state index in [0.29, 0.717) is 5.69 Å². The number of aryl methyl sites for hydroxylation is 1. The first-order valence-corrected chi connectivity index (χ1v) is 8.33. The molecule has 2 heterocycles. The Morgan fingerprint density at radius 3 is 2.71 bits per heavy atom. The van der Waals surface area contributed by atoms with Crippen molar-refractivity contribution < 1.29 is 4.79 Å². The van der Waals surface area contributed by atoms with Gasteiger partial charge < -0.3 is 10.2 Å². The van der Waals surface area contributed by atoms with Crippen molar-refractivity contribution in [2.75, 3.05) is 19.6 Å². The summed E-state index contributed by atoms with van der Waals surface area (Å²) in [5.41, 5.74) is 3.62. The first-order chi connectivity index (χ1) is 11.2. The lowest BCUT2D eigenvalue weighted by Crippen LogP contribution is -2.42. The molecule has 1 atom stereocenters. The van der Waals surface area contributed by atoms with Gasteiger partial charge in [-0.2, -0.15) is 5.10 Å². The summed E-state index contributed by atoms with van der Waals surface area (Å²) < 4.78 is 0. The van der Waals surface area contributed by atoms with E-state index in [4.69, 9.17) is 0 Å². The number of benzene rings is 1. The van der Waals surface area contributed by atoms with Crippen LogP contribution in [-0.4, -0.2) is 46.7 Å². The number of rotatable bonds is 5. The van der Waals surface area contributed by atoms with E-state index >= 15 is 0 Å². The second kappa shape index (κ2) is 8.31. The number of hydrogen-bond acceptors (Lipinski definition) is 3. The van der Waals surface area contributed by atoms with E-state index in [9.17, 15) is 4.79 Å². The van der Waals surface area contributed by atoms with Crippen LogP contribution in [0.5, 0.6) is 0 Å². The van der Waals surface area contributed by atoms with Gasteiger partial charge >= 0.3 is 0 Å². The van der Waals surface area contributed by atoms with Gasteiger partial charge in [0.15, 0.2) is 0 Å². The van der Waals surface area contributed by atoms with Crippen LogP contribution in [0.25, 0.3) is 11.3 Å². The van der Waals surface area contributed by atoms with E-state index in [1.54, 1.807) is 0 Å². The molecular formula is C18H25ClN4O. The van der Waals surface area contributed by atoms with Gasteiger partial charge in [0, 0.05) is 24.7 Å². The topological polar surface area (TPSA) is 61.0 Å². The van der Waals surface area contributed by atoms with Crippen LogP contribution < -0.4 is 5.32 Å². The third-order valence-electron chi connectivity index (χ3n) is 4.36.